The molecule has 2 aromatic rings. The molecule has 0 bridgehead atoms. The smallest absolute Gasteiger partial charge is 0.168 e. The maximum Gasteiger partial charge on any atom is 0.168 e. The molecule has 92 valence electrons. The fourth-order valence-corrected chi connectivity index (χ4v) is 2.03. The van der Waals surface area contributed by atoms with Crippen molar-refractivity contribution in [2.24, 2.45) is 0 Å². The third-order valence-electron chi connectivity index (χ3n) is 2.61. The average Bonchev–Trinajstić information content (AvgIpc) is 2.37. The van der Waals surface area contributed by atoms with Crippen molar-refractivity contribution in [3.63, 3.8) is 0 Å². The second-order valence-electron chi connectivity index (χ2n) is 3.79. The van der Waals surface area contributed by atoms with Crippen LogP contribution in [0.4, 0.5) is 0 Å². The van der Waals surface area contributed by atoms with Crippen LogP contribution in [0.25, 0.3) is 10.8 Å². The topological polar surface area (TPSA) is 17.1 Å². The van der Waals surface area contributed by atoms with Gasteiger partial charge in [-0.25, -0.2) is 0 Å². The Morgan fingerprint density at radius 2 is 1.61 bits per heavy atom. The van der Waals surface area contributed by atoms with Crippen LogP contribution in [0.5, 0.6) is 0 Å². The molecule has 0 spiro atoms. The summed E-state index contributed by atoms with van der Waals surface area (Å²) in [6, 6.07) is 13.3. The van der Waals surface area contributed by atoms with E-state index in [4.69, 9.17) is 34.8 Å². The normalized spacial score (nSPS) is 10.4. The van der Waals surface area contributed by atoms with Crippen molar-refractivity contribution >= 4 is 51.4 Å². The predicted molar refractivity (Wildman–Crippen MR) is 77.5 cm³/mol. The van der Waals surface area contributed by atoms with Crippen molar-refractivity contribution in [1.29, 1.82) is 0 Å². The van der Waals surface area contributed by atoms with Crippen LogP contribution >= 0.6 is 34.8 Å². The minimum absolute atomic E-state index is 0.0118. The van der Waals surface area contributed by atoms with E-state index in [1.54, 1.807) is 6.07 Å². The number of hydrogen-bond acceptors (Lipinski definition) is 1. The van der Waals surface area contributed by atoms with E-state index in [2.05, 4.69) is 0 Å². The lowest BCUT2D eigenvalue weighted by atomic mass is 10.00. The Kier molecular flexibility index (Phi) is 4.28. The summed E-state index contributed by atoms with van der Waals surface area (Å²) in [5.41, 5.74) is 0.626. The summed E-state index contributed by atoms with van der Waals surface area (Å²) in [5, 5.41) is 2.08. The Morgan fingerprint density at radius 1 is 0.944 bits per heavy atom. The van der Waals surface area contributed by atoms with Crippen LogP contribution in [0.1, 0.15) is 16.8 Å². The molecule has 4 heteroatoms. The van der Waals surface area contributed by atoms with Crippen molar-refractivity contribution < 1.29 is 4.79 Å². The molecule has 0 saturated heterocycles. The van der Waals surface area contributed by atoms with Crippen LogP contribution < -0.4 is 0 Å². The summed E-state index contributed by atoms with van der Waals surface area (Å²) < 4.78 is -0.0646. The third kappa shape index (κ3) is 2.86. The molecule has 0 aliphatic heterocycles. The summed E-state index contributed by atoms with van der Waals surface area (Å²) >= 11 is 16.9. The fourth-order valence-electron chi connectivity index (χ4n) is 1.77. The average molecular weight is 300 g/mol. The molecule has 1 nitrogen and oxygen atoms in total. The van der Waals surface area contributed by atoms with Gasteiger partial charge >= 0.3 is 0 Å². The van der Waals surface area contributed by atoms with E-state index in [9.17, 15) is 4.79 Å². The SMILES string of the molecule is O=C(CC(Cl)=C(Cl)Cl)c1cccc2ccccc12. The highest BCUT2D eigenvalue weighted by molar-refractivity contribution is 6.59. The number of hydrogen-bond donors (Lipinski definition) is 0. The molecule has 0 aliphatic carbocycles. The van der Waals surface area contributed by atoms with E-state index in [-0.39, 0.29) is 21.7 Å². The Balaban J connectivity index is 2.43. The van der Waals surface area contributed by atoms with Gasteiger partial charge in [0.25, 0.3) is 0 Å². The van der Waals surface area contributed by atoms with Gasteiger partial charge < -0.3 is 0 Å². The molecule has 0 atom stereocenters. The summed E-state index contributed by atoms with van der Waals surface area (Å²) in [6.07, 6.45) is 0.0118. The molecule has 0 saturated carbocycles. The van der Waals surface area contributed by atoms with Crippen molar-refractivity contribution in [2.45, 2.75) is 6.42 Å². The number of halogens is 3. The van der Waals surface area contributed by atoms with Gasteiger partial charge in [-0.1, -0.05) is 77.3 Å². The quantitative estimate of drug-likeness (QED) is 0.703. The van der Waals surface area contributed by atoms with Crippen LogP contribution in [0.15, 0.2) is 52.0 Å². The van der Waals surface area contributed by atoms with Crippen LogP contribution in [0.2, 0.25) is 0 Å². The molecule has 0 amide bonds. The maximum absolute atomic E-state index is 12.1. The third-order valence-corrected chi connectivity index (χ3v) is 3.58. The van der Waals surface area contributed by atoms with E-state index >= 15 is 0 Å². The molecule has 0 aliphatic rings. The number of Topliss-reactive ketones (excluding diaryl/α,β-unsaturated/α-hetero) is 1. The zero-order chi connectivity index (χ0) is 13.1. The maximum atomic E-state index is 12.1. The van der Waals surface area contributed by atoms with E-state index in [1.807, 2.05) is 36.4 Å². The van der Waals surface area contributed by atoms with Gasteiger partial charge in [-0.2, -0.15) is 0 Å². The van der Waals surface area contributed by atoms with Gasteiger partial charge in [0.2, 0.25) is 0 Å². The number of rotatable bonds is 3. The predicted octanol–water partition coefficient (Wildman–Crippen LogP) is 5.30. The van der Waals surface area contributed by atoms with E-state index in [0.29, 0.717) is 5.56 Å². The molecular formula is C14H9Cl3O. The van der Waals surface area contributed by atoms with E-state index in [1.165, 1.54) is 0 Å². The summed E-state index contributed by atoms with van der Waals surface area (Å²) in [7, 11) is 0. The molecule has 0 heterocycles. The highest BCUT2D eigenvalue weighted by Gasteiger charge is 2.12. The van der Waals surface area contributed by atoms with Crippen molar-refractivity contribution in [3.8, 4) is 0 Å². The molecule has 2 rings (SSSR count). The first-order chi connectivity index (χ1) is 8.59. The second kappa shape index (κ2) is 5.75. The van der Waals surface area contributed by atoms with Crippen molar-refractivity contribution in [2.75, 3.05) is 0 Å². The molecule has 0 unspecified atom stereocenters. The van der Waals surface area contributed by atoms with Gasteiger partial charge in [0.1, 0.15) is 4.49 Å². The number of carbonyl (C=O) groups is 1. The first-order valence-electron chi connectivity index (χ1n) is 5.30. The lowest BCUT2D eigenvalue weighted by molar-refractivity contribution is 0.0996. The standard InChI is InChI=1S/C14H9Cl3O/c15-12(14(16)17)8-13(18)11-7-3-5-9-4-1-2-6-10(9)11/h1-7H,8H2. The monoisotopic (exact) mass is 298 g/mol. The number of ketones is 1. The molecular weight excluding hydrogens is 291 g/mol. The van der Waals surface area contributed by atoms with Crippen LogP contribution in [0, 0.1) is 0 Å². The number of carbonyl (C=O) groups excluding carboxylic acids is 1. The first kappa shape index (κ1) is 13.4. The Labute approximate surface area is 120 Å². The van der Waals surface area contributed by atoms with Gasteiger partial charge in [0.05, 0.1) is 5.03 Å². The zero-order valence-electron chi connectivity index (χ0n) is 9.29. The van der Waals surface area contributed by atoms with Crippen molar-refractivity contribution in [1.82, 2.24) is 0 Å². The second-order valence-corrected chi connectivity index (χ2v) is 5.20. The Hall–Kier alpha value is -1.02. The minimum atomic E-state index is -0.101. The first-order valence-corrected chi connectivity index (χ1v) is 6.43. The Morgan fingerprint density at radius 3 is 2.33 bits per heavy atom. The van der Waals surface area contributed by atoms with Gasteiger partial charge in [0, 0.05) is 12.0 Å². The zero-order valence-corrected chi connectivity index (χ0v) is 11.6. The van der Waals surface area contributed by atoms with E-state index in [0.717, 1.165) is 10.8 Å². The van der Waals surface area contributed by atoms with Gasteiger partial charge in [-0.05, 0) is 10.8 Å². The van der Waals surface area contributed by atoms with E-state index < -0.39 is 0 Å². The molecule has 0 radical (unpaired) electrons. The molecule has 0 fully saturated rings. The largest absolute Gasteiger partial charge is 0.294 e. The van der Waals surface area contributed by atoms with Gasteiger partial charge in [0.15, 0.2) is 5.78 Å². The van der Waals surface area contributed by atoms with Crippen molar-refractivity contribution in [3.05, 3.63) is 57.6 Å². The molecule has 18 heavy (non-hydrogen) atoms. The van der Waals surface area contributed by atoms with Gasteiger partial charge in [-0.15, -0.1) is 0 Å². The van der Waals surface area contributed by atoms with Crippen LogP contribution in [-0.2, 0) is 0 Å². The highest BCUT2D eigenvalue weighted by atomic mass is 35.5. The number of allylic oxidation sites excluding steroid dienone is 1. The lowest BCUT2D eigenvalue weighted by Gasteiger charge is -2.05. The number of benzene rings is 2. The highest BCUT2D eigenvalue weighted by Crippen LogP contribution is 2.25. The van der Waals surface area contributed by atoms with Crippen LogP contribution in [0.3, 0.4) is 0 Å². The minimum Gasteiger partial charge on any atom is -0.294 e. The molecule has 0 aromatic heterocycles. The molecule has 0 N–H and O–H groups in total. The van der Waals surface area contributed by atoms with Crippen LogP contribution in [-0.4, -0.2) is 5.78 Å². The summed E-state index contributed by atoms with van der Waals surface area (Å²) in [5.74, 6) is -0.101. The summed E-state index contributed by atoms with van der Waals surface area (Å²) in [6.45, 7) is 0. The van der Waals surface area contributed by atoms with Gasteiger partial charge in [-0.3, -0.25) is 4.79 Å². The summed E-state index contributed by atoms with van der Waals surface area (Å²) in [4.78, 5) is 12.1. The lowest BCUT2D eigenvalue weighted by Crippen LogP contribution is -2.00. The Bertz CT molecular complexity index is 622. The fraction of sp³-hybridized carbons (Fsp3) is 0.0714. The molecule has 2 aromatic carbocycles. The number of fused-ring (bicyclic) bond motifs is 1.